The highest BCUT2D eigenvalue weighted by atomic mass is 19.1. The van der Waals surface area contributed by atoms with Crippen LogP contribution in [0.1, 0.15) is 10.5 Å². The van der Waals surface area contributed by atoms with Gasteiger partial charge >= 0.3 is 0 Å². The van der Waals surface area contributed by atoms with Crippen molar-refractivity contribution in [3.8, 4) is 0 Å². The van der Waals surface area contributed by atoms with Crippen molar-refractivity contribution in [2.75, 3.05) is 17.3 Å². The van der Waals surface area contributed by atoms with Crippen molar-refractivity contribution in [3.05, 3.63) is 78.1 Å². The van der Waals surface area contributed by atoms with Gasteiger partial charge in [-0.05, 0) is 30.3 Å². The number of hydrogen-bond acceptors (Lipinski definition) is 4. The molecule has 0 aliphatic rings. The molecule has 3 aromatic rings. The smallest absolute Gasteiger partial charge is 0.276 e. The molecule has 0 aliphatic carbocycles. The molecule has 25 heavy (non-hydrogen) atoms. The van der Waals surface area contributed by atoms with Gasteiger partial charge in [0, 0.05) is 18.9 Å². The number of nitrogens with one attached hydrogen (secondary N) is 1. The van der Waals surface area contributed by atoms with Gasteiger partial charge in [0.05, 0.1) is 0 Å². The van der Waals surface area contributed by atoms with Crippen LogP contribution < -0.4 is 10.2 Å². The highest BCUT2D eigenvalue weighted by molar-refractivity contribution is 6.04. The first kappa shape index (κ1) is 16.5. The van der Waals surface area contributed by atoms with Crippen molar-refractivity contribution in [3.63, 3.8) is 0 Å². The van der Waals surface area contributed by atoms with Crippen LogP contribution in [0.15, 0.2) is 60.8 Å². The fourth-order valence-electron chi connectivity index (χ4n) is 2.21. The Morgan fingerprint density at radius 2 is 1.68 bits per heavy atom. The second kappa shape index (κ2) is 7.04. The van der Waals surface area contributed by atoms with E-state index >= 15 is 0 Å². The van der Waals surface area contributed by atoms with Crippen LogP contribution in [0.5, 0.6) is 0 Å². The number of anilines is 3. The average molecular weight is 340 g/mol. The summed E-state index contributed by atoms with van der Waals surface area (Å²) in [7, 11) is 1.61. The summed E-state index contributed by atoms with van der Waals surface area (Å²) in [5, 5.41) is 2.47. The summed E-state index contributed by atoms with van der Waals surface area (Å²) < 4.78 is 27.4. The molecular weight excluding hydrogens is 326 g/mol. The van der Waals surface area contributed by atoms with E-state index in [2.05, 4.69) is 15.3 Å². The summed E-state index contributed by atoms with van der Waals surface area (Å²) >= 11 is 0. The number of nitrogens with zero attached hydrogens (tertiary/aromatic N) is 3. The van der Waals surface area contributed by atoms with Gasteiger partial charge in [-0.25, -0.2) is 18.7 Å². The summed E-state index contributed by atoms with van der Waals surface area (Å²) in [6.07, 6.45) is 1.35. The van der Waals surface area contributed by atoms with Gasteiger partial charge in [0.15, 0.2) is 0 Å². The maximum absolute atomic E-state index is 13.7. The summed E-state index contributed by atoms with van der Waals surface area (Å²) in [5.41, 5.74) is 0.421. The molecule has 7 heteroatoms. The molecule has 5 nitrogen and oxygen atoms in total. The third-order valence-electron chi connectivity index (χ3n) is 3.52. The van der Waals surface area contributed by atoms with Crippen LogP contribution in [0.2, 0.25) is 0 Å². The van der Waals surface area contributed by atoms with Crippen molar-refractivity contribution in [2.24, 2.45) is 0 Å². The molecule has 1 amide bonds. The lowest BCUT2D eigenvalue weighted by atomic mass is 10.2. The first-order valence-electron chi connectivity index (χ1n) is 7.43. The molecule has 0 bridgehead atoms. The number of benzene rings is 2. The second-order valence-corrected chi connectivity index (χ2v) is 5.19. The van der Waals surface area contributed by atoms with Crippen molar-refractivity contribution >= 4 is 23.2 Å². The van der Waals surface area contributed by atoms with Gasteiger partial charge in [-0.1, -0.05) is 24.3 Å². The molecule has 2 aromatic carbocycles. The lowest BCUT2D eigenvalue weighted by Gasteiger charge is -2.17. The van der Waals surface area contributed by atoms with E-state index in [0.29, 0.717) is 5.69 Å². The summed E-state index contributed by atoms with van der Waals surface area (Å²) in [6.45, 7) is 0. The molecule has 1 aromatic heterocycles. The number of halogens is 2. The molecule has 0 aliphatic heterocycles. The first-order valence-corrected chi connectivity index (χ1v) is 7.43. The quantitative estimate of drug-likeness (QED) is 0.785. The Labute approximate surface area is 143 Å². The lowest BCUT2D eigenvalue weighted by Crippen LogP contribution is -2.27. The van der Waals surface area contributed by atoms with Crippen LogP contribution in [0.25, 0.3) is 0 Å². The maximum Gasteiger partial charge on any atom is 0.276 e. The monoisotopic (exact) mass is 340 g/mol. The zero-order chi connectivity index (χ0) is 17.8. The number of aromatic nitrogens is 2. The van der Waals surface area contributed by atoms with Gasteiger partial charge < -0.3 is 10.2 Å². The Kier molecular flexibility index (Phi) is 4.65. The molecule has 1 N–H and O–H groups in total. The van der Waals surface area contributed by atoms with Gasteiger partial charge in [-0.15, -0.1) is 0 Å². The average Bonchev–Trinajstić information content (AvgIpc) is 2.64. The Morgan fingerprint density at radius 3 is 2.36 bits per heavy atom. The normalized spacial score (nSPS) is 10.4. The van der Waals surface area contributed by atoms with Gasteiger partial charge in [-0.2, -0.15) is 0 Å². The SMILES string of the molecule is CN(C(=O)c1ccnc(Nc2c(F)cccc2F)n1)c1ccccc1. The minimum atomic E-state index is -0.776. The van der Waals surface area contributed by atoms with Crippen LogP contribution in [0.4, 0.5) is 26.1 Å². The Morgan fingerprint density at radius 1 is 1.00 bits per heavy atom. The minimum Gasteiger partial charge on any atom is -0.319 e. The van der Waals surface area contributed by atoms with Crippen molar-refractivity contribution < 1.29 is 13.6 Å². The van der Waals surface area contributed by atoms with E-state index in [1.165, 1.54) is 23.2 Å². The van der Waals surface area contributed by atoms with Gasteiger partial charge in [0.25, 0.3) is 5.91 Å². The number of carbonyl (C=O) groups excluding carboxylic acids is 1. The highest BCUT2D eigenvalue weighted by Gasteiger charge is 2.16. The van der Waals surface area contributed by atoms with Crippen LogP contribution in [-0.2, 0) is 0 Å². The predicted octanol–water partition coefficient (Wildman–Crippen LogP) is 3.78. The standard InChI is InChI=1S/C18H14F2N4O/c1-24(12-6-3-2-4-7-12)17(25)15-10-11-21-18(22-15)23-16-13(19)8-5-9-14(16)20/h2-11H,1H3,(H,21,22,23). The molecule has 0 fully saturated rings. The third-order valence-corrected chi connectivity index (χ3v) is 3.52. The fraction of sp³-hybridized carbons (Fsp3) is 0.0556. The number of rotatable bonds is 4. The molecule has 0 unspecified atom stereocenters. The Hall–Kier alpha value is -3.35. The van der Waals surface area contributed by atoms with E-state index in [-0.39, 0.29) is 23.2 Å². The number of para-hydroxylation sites is 2. The number of carbonyl (C=O) groups is 1. The van der Waals surface area contributed by atoms with E-state index in [1.807, 2.05) is 18.2 Å². The third kappa shape index (κ3) is 3.60. The van der Waals surface area contributed by atoms with Crippen molar-refractivity contribution in [2.45, 2.75) is 0 Å². The molecule has 0 saturated heterocycles. The van der Waals surface area contributed by atoms with Crippen molar-refractivity contribution in [1.82, 2.24) is 9.97 Å². The predicted molar refractivity (Wildman–Crippen MR) is 90.8 cm³/mol. The molecule has 0 saturated carbocycles. The molecule has 0 radical (unpaired) electrons. The zero-order valence-corrected chi connectivity index (χ0v) is 13.3. The summed E-state index contributed by atoms with van der Waals surface area (Å²) in [6, 6.07) is 14.0. The van der Waals surface area contributed by atoms with Gasteiger partial charge in [0.1, 0.15) is 23.0 Å². The van der Waals surface area contributed by atoms with E-state index in [0.717, 1.165) is 12.1 Å². The van der Waals surface area contributed by atoms with E-state index in [1.54, 1.807) is 19.2 Å². The Balaban J connectivity index is 1.85. The van der Waals surface area contributed by atoms with Gasteiger partial charge in [-0.3, -0.25) is 4.79 Å². The molecule has 1 heterocycles. The largest absolute Gasteiger partial charge is 0.319 e. The number of hydrogen-bond donors (Lipinski definition) is 1. The highest BCUT2D eigenvalue weighted by Crippen LogP contribution is 2.21. The maximum atomic E-state index is 13.7. The molecule has 126 valence electrons. The van der Waals surface area contributed by atoms with Gasteiger partial charge in [0.2, 0.25) is 5.95 Å². The van der Waals surface area contributed by atoms with E-state index < -0.39 is 11.6 Å². The van der Waals surface area contributed by atoms with Crippen molar-refractivity contribution in [1.29, 1.82) is 0 Å². The van der Waals surface area contributed by atoms with E-state index in [9.17, 15) is 13.6 Å². The molecule has 3 rings (SSSR count). The van der Waals surface area contributed by atoms with Crippen LogP contribution in [0.3, 0.4) is 0 Å². The number of amides is 1. The second-order valence-electron chi connectivity index (χ2n) is 5.19. The lowest BCUT2D eigenvalue weighted by molar-refractivity contribution is 0.0988. The van der Waals surface area contributed by atoms with Crippen LogP contribution in [0, 0.1) is 11.6 Å². The molecule has 0 atom stereocenters. The Bertz CT molecular complexity index is 882. The fourth-order valence-corrected chi connectivity index (χ4v) is 2.21. The topological polar surface area (TPSA) is 58.1 Å². The summed E-state index contributed by atoms with van der Waals surface area (Å²) in [5.74, 6) is -1.99. The van der Waals surface area contributed by atoms with E-state index in [4.69, 9.17) is 0 Å². The molecular formula is C18H14F2N4O. The van der Waals surface area contributed by atoms with Crippen LogP contribution in [-0.4, -0.2) is 22.9 Å². The minimum absolute atomic E-state index is 0.0729. The first-order chi connectivity index (χ1) is 12.1. The van der Waals surface area contributed by atoms with Crippen LogP contribution >= 0.6 is 0 Å². The molecule has 0 spiro atoms. The summed E-state index contributed by atoms with van der Waals surface area (Å²) in [4.78, 5) is 21.9. The zero-order valence-electron chi connectivity index (χ0n) is 13.3.